The number of carbonyl (C=O) groups excluding carboxylic acids is 2. The standard InChI is InChI=1S/C25H29NO7/c1-3-14-30-23-21(26-17(2)27)25(32-15-18-10-6-4-7-11-18)33-20(22(23)28)16-31-24(29)19-12-8-5-9-13-19/h3-13,20-23,25,28H,1,14-16H2,2H3,(H,26,27)/t20-,21-,22-,23+,25-/m1/s1. The molecule has 0 radical (unpaired) electrons. The number of rotatable bonds is 10. The van der Waals surface area contributed by atoms with E-state index in [1.54, 1.807) is 30.3 Å². The molecule has 1 aliphatic heterocycles. The highest BCUT2D eigenvalue weighted by atomic mass is 16.7. The second kappa shape index (κ2) is 12.3. The SMILES string of the molecule is C=CCO[C@@H]1[C@H](O)[C@@H](COC(=O)c2ccccc2)O[C@@H](OCc2ccccc2)[C@@H]1NC(C)=O. The molecule has 0 bridgehead atoms. The number of benzene rings is 2. The van der Waals surface area contributed by atoms with Crippen molar-refractivity contribution in [1.82, 2.24) is 5.32 Å². The Morgan fingerprint density at radius 2 is 1.76 bits per heavy atom. The first-order chi connectivity index (χ1) is 16.0. The topological polar surface area (TPSA) is 103 Å². The summed E-state index contributed by atoms with van der Waals surface area (Å²) in [6, 6.07) is 17.2. The Hall–Kier alpha value is -3.04. The van der Waals surface area contributed by atoms with Gasteiger partial charge in [-0.25, -0.2) is 4.79 Å². The molecule has 1 fully saturated rings. The van der Waals surface area contributed by atoms with Gasteiger partial charge in [-0.15, -0.1) is 6.58 Å². The summed E-state index contributed by atoms with van der Waals surface area (Å²) in [4.78, 5) is 24.2. The zero-order valence-corrected chi connectivity index (χ0v) is 18.5. The summed E-state index contributed by atoms with van der Waals surface area (Å²) >= 11 is 0. The van der Waals surface area contributed by atoms with Crippen molar-refractivity contribution in [3.63, 3.8) is 0 Å². The van der Waals surface area contributed by atoms with Crippen LogP contribution in [-0.2, 0) is 30.3 Å². The van der Waals surface area contributed by atoms with Crippen LogP contribution in [0, 0.1) is 0 Å². The highest BCUT2D eigenvalue weighted by Gasteiger charge is 2.47. The molecule has 3 rings (SSSR count). The van der Waals surface area contributed by atoms with Crippen molar-refractivity contribution in [3.8, 4) is 0 Å². The average molecular weight is 456 g/mol. The Bertz CT molecular complexity index is 905. The fraction of sp³-hybridized carbons (Fsp3) is 0.360. The summed E-state index contributed by atoms with van der Waals surface area (Å²) in [6.45, 7) is 5.13. The van der Waals surface area contributed by atoms with Crippen LogP contribution in [0.25, 0.3) is 0 Å². The van der Waals surface area contributed by atoms with E-state index in [9.17, 15) is 14.7 Å². The number of esters is 1. The molecular weight excluding hydrogens is 426 g/mol. The molecule has 0 aliphatic carbocycles. The van der Waals surface area contributed by atoms with E-state index in [0.29, 0.717) is 5.56 Å². The monoisotopic (exact) mass is 455 g/mol. The number of ether oxygens (including phenoxy) is 4. The van der Waals surface area contributed by atoms with Crippen LogP contribution in [0.3, 0.4) is 0 Å². The third-order valence-corrected chi connectivity index (χ3v) is 5.10. The van der Waals surface area contributed by atoms with E-state index in [1.165, 1.54) is 13.0 Å². The molecule has 0 unspecified atom stereocenters. The first-order valence-corrected chi connectivity index (χ1v) is 10.7. The van der Waals surface area contributed by atoms with Gasteiger partial charge in [0.05, 0.1) is 18.8 Å². The summed E-state index contributed by atoms with van der Waals surface area (Å²) in [5.41, 5.74) is 1.29. The summed E-state index contributed by atoms with van der Waals surface area (Å²) in [5.74, 6) is -0.869. The maximum atomic E-state index is 12.4. The van der Waals surface area contributed by atoms with E-state index >= 15 is 0 Å². The third-order valence-electron chi connectivity index (χ3n) is 5.10. The van der Waals surface area contributed by atoms with Crippen LogP contribution in [-0.4, -0.2) is 60.8 Å². The first kappa shape index (κ1) is 24.6. The Kier molecular flexibility index (Phi) is 9.14. The van der Waals surface area contributed by atoms with Crippen molar-refractivity contribution >= 4 is 11.9 Å². The van der Waals surface area contributed by atoms with Crippen LogP contribution in [0.4, 0.5) is 0 Å². The average Bonchev–Trinajstić information content (AvgIpc) is 2.83. The summed E-state index contributed by atoms with van der Waals surface area (Å²) in [5, 5.41) is 13.7. The van der Waals surface area contributed by atoms with E-state index in [4.69, 9.17) is 18.9 Å². The predicted octanol–water partition coefficient (Wildman–Crippen LogP) is 2.22. The predicted molar refractivity (Wildman–Crippen MR) is 120 cm³/mol. The number of hydrogen-bond acceptors (Lipinski definition) is 7. The number of aliphatic hydroxyl groups is 1. The number of amides is 1. The van der Waals surface area contributed by atoms with E-state index in [0.717, 1.165) is 5.56 Å². The zero-order valence-electron chi connectivity index (χ0n) is 18.5. The van der Waals surface area contributed by atoms with Gasteiger partial charge in [-0.2, -0.15) is 0 Å². The van der Waals surface area contributed by atoms with E-state index < -0.39 is 36.6 Å². The van der Waals surface area contributed by atoms with Crippen molar-refractivity contribution < 1.29 is 33.6 Å². The number of hydrogen-bond donors (Lipinski definition) is 2. The normalized spacial score (nSPS) is 24.6. The quantitative estimate of drug-likeness (QED) is 0.418. The van der Waals surface area contributed by atoms with Crippen LogP contribution in [0.5, 0.6) is 0 Å². The molecule has 8 heteroatoms. The Labute approximate surface area is 193 Å². The van der Waals surface area contributed by atoms with Crippen LogP contribution in [0.2, 0.25) is 0 Å². The molecule has 2 aromatic carbocycles. The van der Waals surface area contributed by atoms with Crippen LogP contribution in [0.15, 0.2) is 73.3 Å². The van der Waals surface area contributed by atoms with Gasteiger partial charge in [0.2, 0.25) is 5.91 Å². The molecule has 2 N–H and O–H groups in total. The Morgan fingerprint density at radius 1 is 1.09 bits per heavy atom. The maximum Gasteiger partial charge on any atom is 0.338 e. The fourth-order valence-electron chi connectivity index (χ4n) is 3.53. The molecular formula is C25H29NO7. The maximum absolute atomic E-state index is 12.4. The minimum Gasteiger partial charge on any atom is -0.459 e. The smallest absolute Gasteiger partial charge is 0.338 e. The van der Waals surface area contributed by atoms with E-state index in [1.807, 2.05) is 30.3 Å². The lowest BCUT2D eigenvalue weighted by Crippen LogP contribution is -2.65. The highest BCUT2D eigenvalue weighted by molar-refractivity contribution is 5.89. The molecule has 33 heavy (non-hydrogen) atoms. The molecule has 0 spiro atoms. The van der Waals surface area contributed by atoms with Crippen LogP contribution in [0.1, 0.15) is 22.8 Å². The van der Waals surface area contributed by atoms with E-state index in [2.05, 4.69) is 11.9 Å². The lowest BCUT2D eigenvalue weighted by molar-refractivity contribution is -0.278. The number of nitrogens with one attached hydrogen (secondary N) is 1. The van der Waals surface area contributed by atoms with Gasteiger partial charge < -0.3 is 29.4 Å². The molecule has 1 amide bonds. The molecule has 0 aromatic heterocycles. The van der Waals surface area contributed by atoms with Gasteiger partial charge in [0.15, 0.2) is 6.29 Å². The molecule has 8 nitrogen and oxygen atoms in total. The highest BCUT2D eigenvalue weighted by Crippen LogP contribution is 2.26. The zero-order chi connectivity index (χ0) is 23.6. The van der Waals surface area contributed by atoms with Gasteiger partial charge in [-0.05, 0) is 17.7 Å². The molecule has 1 aliphatic rings. The van der Waals surface area contributed by atoms with Crippen molar-refractivity contribution in [2.45, 2.75) is 44.2 Å². The molecule has 2 aromatic rings. The van der Waals surface area contributed by atoms with Gasteiger partial charge in [-0.3, -0.25) is 4.79 Å². The molecule has 176 valence electrons. The summed E-state index contributed by atoms with van der Waals surface area (Å²) in [7, 11) is 0. The minimum absolute atomic E-state index is 0.139. The molecule has 5 atom stereocenters. The molecule has 0 saturated carbocycles. The Morgan fingerprint density at radius 3 is 2.39 bits per heavy atom. The minimum atomic E-state index is -1.19. The van der Waals surface area contributed by atoms with Crippen molar-refractivity contribution in [2.24, 2.45) is 0 Å². The molecule has 1 saturated heterocycles. The Balaban J connectivity index is 1.75. The number of aliphatic hydroxyl groups excluding tert-OH is 1. The van der Waals surface area contributed by atoms with Crippen LogP contribution >= 0.6 is 0 Å². The van der Waals surface area contributed by atoms with Crippen molar-refractivity contribution in [1.29, 1.82) is 0 Å². The molecule has 1 heterocycles. The third kappa shape index (κ3) is 6.97. The van der Waals surface area contributed by atoms with Crippen molar-refractivity contribution in [3.05, 3.63) is 84.4 Å². The van der Waals surface area contributed by atoms with Gasteiger partial charge >= 0.3 is 5.97 Å². The van der Waals surface area contributed by atoms with E-state index in [-0.39, 0.29) is 25.7 Å². The van der Waals surface area contributed by atoms with Gasteiger partial charge in [0.1, 0.15) is 31.0 Å². The lowest BCUT2D eigenvalue weighted by atomic mass is 9.96. The summed E-state index contributed by atoms with van der Waals surface area (Å²) in [6.07, 6.45) is -2.41. The second-order valence-corrected chi connectivity index (χ2v) is 7.61. The van der Waals surface area contributed by atoms with Gasteiger partial charge in [0, 0.05) is 6.92 Å². The largest absolute Gasteiger partial charge is 0.459 e. The van der Waals surface area contributed by atoms with Gasteiger partial charge in [-0.1, -0.05) is 54.6 Å². The lowest BCUT2D eigenvalue weighted by Gasteiger charge is -2.44. The first-order valence-electron chi connectivity index (χ1n) is 10.7. The second-order valence-electron chi connectivity index (χ2n) is 7.61. The van der Waals surface area contributed by atoms with Gasteiger partial charge in [0.25, 0.3) is 0 Å². The van der Waals surface area contributed by atoms with Crippen molar-refractivity contribution in [2.75, 3.05) is 13.2 Å². The fourth-order valence-corrected chi connectivity index (χ4v) is 3.53. The number of carbonyl (C=O) groups is 2. The van der Waals surface area contributed by atoms with Crippen LogP contribution < -0.4 is 5.32 Å². The summed E-state index contributed by atoms with van der Waals surface area (Å²) < 4.78 is 23.1.